The summed E-state index contributed by atoms with van der Waals surface area (Å²) in [6.45, 7) is 1.85. The summed E-state index contributed by atoms with van der Waals surface area (Å²) in [5.41, 5.74) is 1.70. The first-order valence-corrected chi connectivity index (χ1v) is 7.40. The van der Waals surface area contributed by atoms with Gasteiger partial charge in [0.1, 0.15) is 5.82 Å². The van der Waals surface area contributed by atoms with Gasteiger partial charge < -0.3 is 10.2 Å². The van der Waals surface area contributed by atoms with Gasteiger partial charge in [-0.1, -0.05) is 37.3 Å². The molecule has 0 aliphatic carbocycles. The molecule has 0 aliphatic rings. The Morgan fingerprint density at radius 3 is 2.43 bits per heavy atom. The number of rotatable bonds is 5. The number of aryl methyl sites for hydroxylation is 1. The Hall–Kier alpha value is -2.69. The Morgan fingerprint density at radius 2 is 1.74 bits per heavy atom. The predicted octanol–water partition coefficient (Wildman–Crippen LogP) is 3.10. The number of amides is 2. The molecule has 2 aromatic rings. The van der Waals surface area contributed by atoms with Crippen LogP contribution < -0.4 is 5.32 Å². The average Bonchev–Trinajstić information content (AvgIpc) is 2.55. The molecule has 0 saturated carbocycles. The third kappa shape index (κ3) is 4.16. The van der Waals surface area contributed by atoms with Crippen molar-refractivity contribution >= 4 is 17.5 Å². The van der Waals surface area contributed by atoms with E-state index in [1.807, 2.05) is 31.2 Å². The van der Waals surface area contributed by atoms with Crippen LogP contribution >= 0.6 is 0 Å². The molecule has 23 heavy (non-hydrogen) atoms. The summed E-state index contributed by atoms with van der Waals surface area (Å²) in [6, 6.07) is 13.2. The molecule has 5 heteroatoms. The zero-order chi connectivity index (χ0) is 16.8. The summed E-state index contributed by atoms with van der Waals surface area (Å²) in [5, 5.41) is 2.79. The van der Waals surface area contributed by atoms with Crippen LogP contribution in [0.25, 0.3) is 0 Å². The molecule has 0 heterocycles. The summed E-state index contributed by atoms with van der Waals surface area (Å²) in [7, 11) is 1.47. The second-order valence-electron chi connectivity index (χ2n) is 5.20. The van der Waals surface area contributed by atoms with Gasteiger partial charge in [-0.05, 0) is 30.2 Å². The molecule has 120 valence electrons. The molecule has 0 bridgehead atoms. The van der Waals surface area contributed by atoms with Crippen molar-refractivity contribution < 1.29 is 14.0 Å². The number of hydrogen-bond acceptors (Lipinski definition) is 2. The van der Waals surface area contributed by atoms with E-state index in [-0.39, 0.29) is 18.0 Å². The van der Waals surface area contributed by atoms with Crippen molar-refractivity contribution in [1.29, 1.82) is 0 Å². The molecule has 2 aromatic carbocycles. The van der Waals surface area contributed by atoms with E-state index in [2.05, 4.69) is 5.32 Å². The first kappa shape index (κ1) is 16.7. The average molecular weight is 314 g/mol. The number of nitrogens with zero attached hydrogens (tertiary/aromatic N) is 1. The highest BCUT2D eigenvalue weighted by Gasteiger charge is 2.18. The van der Waals surface area contributed by atoms with Crippen molar-refractivity contribution in [3.63, 3.8) is 0 Å². The van der Waals surface area contributed by atoms with Crippen LogP contribution in [0.1, 0.15) is 22.8 Å². The van der Waals surface area contributed by atoms with Gasteiger partial charge in [-0.25, -0.2) is 4.39 Å². The number of benzene rings is 2. The van der Waals surface area contributed by atoms with Crippen LogP contribution in [-0.2, 0) is 11.2 Å². The normalized spacial score (nSPS) is 10.2. The molecule has 2 amide bonds. The van der Waals surface area contributed by atoms with E-state index in [1.165, 1.54) is 30.1 Å². The van der Waals surface area contributed by atoms with Gasteiger partial charge in [0.15, 0.2) is 0 Å². The molecule has 0 radical (unpaired) electrons. The molecule has 0 aliphatic heterocycles. The number of likely N-dealkylation sites (N-methyl/N-ethyl adjacent to an activating group) is 1. The maximum Gasteiger partial charge on any atom is 0.257 e. The standard InChI is InChI=1S/C18H19FN2O2/c1-3-13-8-4-7-11-16(13)20-17(22)12-21(2)18(23)14-9-5-6-10-15(14)19/h4-11H,3,12H2,1-2H3,(H,20,22). The molecule has 0 aromatic heterocycles. The first-order valence-electron chi connectivity index (χ1n) is 7.40. The Balaban J connectivity index is 2.02. The second kappa shape index (κ2) is 7.54. The van der Waals surface area contributed by atoms with Gasteiger partial charge >= 0.3 is 0 Å². The fourth-order valence-electron chi connectivity index (χ4n) is 2.27. The molecule has 0 spiro atoms. The Labute approximate surface area is 134 Å². The highest BCUT2D eigenvalue weighted by Crippen LogP contribution is 2.15. The molecular weight excluding hydrogens is 295 g/mol. The van der Waals surface area contributed by atoms with Gasteiger partial charge in [0, 0.05) is 12.7 Å². The molecule has 0 fully saturated rings. The molecular formula is C18H19FN2O2. The summed E-state index contributed by atoms with van der Waals surface area (Å²) in [4.78, 5) is 25.5. The van der Waals surface area contributed by atoms with Crippen LogP contribution in [-0.4, -0.2) is 30.3 Å². The van der Waals surface area contributed by atoms with E-state index in [0.29, 0.717) is 0 Å². The lowest BCUT2D eigenvalue weighted by molar-refractivity contribution is -0.116. The number of nitrogens with one attached hydrogen (secondary N) is 1. The largest absolute Gasteiger partial charge is 0.332 e. The zero-order valence-electron chi connectivity index (χ0n) is 13.2. The van der Waals surface area contributed by atoms with Gasteiger partial charge in [0.25, 0.3) is 5.91 Å². The summed E-state index contributed by atoms with van der Waals surface area (Å²) >= 11 is 0. The highest BCUT2D eigenvalue weighted by molar-refractivity contribution is 5.99. The zero-order valence-corrected chi connectivity index (χ0v) is 13.2. The quantitative estimate of drug-likeness (QED) is 0.922. The topological polar surface area (TPSA) is 49.4 Å². The van der Waals surface area contributed by atoms with Gasteiger partial charge in [0.2, 0.25) is 5.91 Å². The second-order valence-corrected chi connectivity index (χ2v) is 5.20. The molecule has 0 atom stereocenters. The third-order valence-corrected chi connectivity index (χ3v) is 3.50. The smallest absolute Gasteiger partial charge is 0.257 e. The Bertz CT molecular complexity index is 716. The third-order valence-electron chi connectivity index (χ3n) is 3.50. The number of para-hydroxylation sites is 1. The summed E-state index contributed by atoms with van der Waals surface area (Å²) < 4.78 is 13.6. The van der Waals surface area contributed by atoms with Crippen molar-refractivity contribution in [3.05, 3.63) is 65.5 Å². The van der Waals surface area contributed by atoms with Crippen molar-refractivity contribution in [3.8, 4) is 0 Å². The fraction of sp³-hybridized carbons (Fsp3) is 0.222. The van der Waals surface area contributed by atoms with E-state index in [0.717, 1.165) is 17.7 Å². The predicted molar refractivity (Wildman–Crippen MR) is 87.8 cm³/mol. The van der Waals surface area contributed by atoms with E-state index >= 15 is 0 Å². The van der Waals surface area contributed by atoms with E-state index < -0.39 is 11.7 Å². The van der Waals surface area contributed by atoms with E-state index in [4.69, 9.17) is 0 Å². The van der Waals surface area contributed by atoms with Gasteiger partial charge in [0.05, 0.1) is 12.1 Å². The molecule has 2 rings (SSSR count). The van der Waals surface area contributed by atoms with Crippen LogP contribution in [0.5, 0.6) is 0 Å². The summed E-state index contributed by atoms with van der Waals surface area (Å²) in [5.74, 6) is -1.44. The molecule has 0 saturated heterocycles. The minimum absolute atomic E-state index is 0.0447. The minimum Gasteiger partial charge on any atom is -0.332 e. The lowest BCUT2D eigenvalue weighted by Gasteiger charge is -2.18. The van der Waals surface area contributed by atoms with Crippen molar-refractivity contribution in [2.24, 2.45) is 0 Å². The molecule has 1 N–H and O–H groups in total. The van der Waals surface area contributed by atoms with Crippen molar-refractivity contribution in [1.82, 2.24) is 4.90 Å². The fourth-order valence-corrected chi connectivity index (χ4v) is 2.27. The number of hydrogen-bond donors (Lipinski definition) is 1. The van der Waals surface area contributed by atoms with Gasteiger partial charge in [-0.2, -0.15) is 0 Å². The maximum absolute atomic E-state index is 13.6. The lowest BCUT2D eigenvalue weighted by atomic mass is 10.1. The molecule has 0 unspecified atom stereocenters. The Morgan fingerprint density at radius 1 is 1.09 bits per heavy atom. The summed E-state index contributed by atoms with van der Waals surface area (Å²) in [6.07, 6.45) is 0.792. The van der Waals surface area contributed by atoms with Crippen LogP contribution in [0.15, 0.2) is 48.5 Å². The van der Waals surface area contributed by atoms with Crippen molar-refractivity contribution in [2.45, 2.75) is 13.3 Å². The number of anilines is 1. The number of carbonyl (C=O) groups excluding carboxylic acids is 2. The van der Waals surface area contributed by atoms with Crippen LogP contribution in [0, 0.1) is 5.82 Å². The van der Waals surface area contributed by atoms with Crippen molar-refractivity contribution in [2.75, 3.05) is 18.9 Å². The monoisotopic (exact) mass is 314 g/mol. The molecule has 4 nitrogen and oxygen atoms in total. The Kier molecular flexibility index (Phi) is 5.46. The maximum atomic E-state index is 13.6. The number of carbonyl (C=O) groups is 2. The van der Waals surface area contributed by atoms with Crippen LogP contribution in [0.4, 0.5) is 10.1 Å². The van der Waals surface area contributed by atoms with Gasteiger partial charge in [-0.3, -0.25) is 9.59 Å². The van der Waals surface area contributed by atoms with Crippen LogP contribution in [0.3, 0.4) is 0 Å². The number of halogens is 1. The SMILES string of the molecule is CCc1ccccc1NC(=O)CN(C)C(=O)c1ccccc1F. The van der Waals surface area contributed by atoms with E-state index in [9.17, 15) is 14.0 Å². The minimum atomic E-state index is -0.596. The highest BCUT2D eigenvalue weighted by atomic mass is 19.1. The lowest BCUT2D eigenvalue weighted by Crippen LogP contribution is -2.35. The van der Waals surface area contributed by atoms with Crippen LogP contribution in [0.2, 0.25) is 0 Å². The van der Waals surface area contributed by atoms with E-state index in [1.54, 1.807) is 6.07 Å². The first-order chi connectivity index (χ1) is 11.0. The van der Waals surface area contributed by atoms with Gasteiger partial charge in [-0.15, -0.1) is 0 Å².